The maximum atomic E-state index is 12.1. The summed E-state index contributed by atoms with van der Waals surface area (Å²) in [7, 11) is 1.56. The van der Waals surface area contributed by atoms with Crippen molar-refractivity contribution in [2.75, 3.05) is 19.0 Å². The van der Waals surface area contributed by atoms with Crippen LogP contribution in [0.1, 0.15) is 12.5 Å². The first-order chi connectivity index (χ1) is 12.6. The molecular weight excluding hydrogens is 336 g/mol. The van der Waals surface area contributed by atoms with Crippen molar-refractivity contribution in [3.05, 3.63) is 60.2 Å². The Kier molecular flexibility index (Phi) is 7.30. The second kappa shape index (κ2) is 9.93. The topological polar surface area (TPSA) is 85.9 Å². The van der Waals surface area contributed by atoms with Crippen LogP contribution >= 0.6 is 0 Å². The number of anilines is 1. The number of hydrogen-bond acceptors (Lipinski definition) is 6. The molecule has 2 N–H and O–H groups in total. The highest BCUT2D eigenvalue weighted by Crippen LogP contribution is 2.15. The Morgan fingerprint density at radius 1 is 1.00 bits per heavy atom. The average molecular weight is 358 g/mol. The van der Waals surface area contributed by atoms with E-state index < -0.39 is 18.2 Å². The molecule has 2 rings (SSSR count). The first-order valence-electron chi connectivity index (χ1n) is 8.16. The maximum Gasteiger partial charge on any atom is 0.409 e. The van der Waals surface area contributed by atoms with E-state index in [-0.39, 0.29) is 13.2 Å². The summed E-state index contributed by atoms with van der Waals surface area (Å²) in [6, 6.07) is 16.2. The third-order valence-electron chi connectivity index (χ3n) is 3.40. The highest BCUT2D eigenvalue weighted by Gasteiger charge is 2.22. The van der Waals surface area contributed by atoms with E-state index in [0.717, 1.165) is 5.56 Å². The number of carbonyl (C=O) groups is 2. The van der Waals surface area contributed by atoms with Crippen LogP contribution in [0.15, 0.2) is 54.6 Å². The standard InChI is InChI=1S/C19H22N2O5/c1-3-25-18(22)17(20-15-9-11-16(24-2)12-10-15)21-19(23)26-13-14-7-5-4-6-8-14/h4-12,17,20H,3,13H2,1-2H3,(H,21,23)/t17-/m0/s1. The van der Waals surface area contributed by atoms with E-state index in [9.17, 15) is 9.59 Å². The molecule has 0 saturated carbocycles. The van der Waals surface area contributed by atoms with Gasteiger partial charge < -0.3 is 19.5 Å². The number of alkyl carbamates (subject to hydrolysis) is 1. The molecule has 0 radical (unpaired) electrons. The Bertz CT molecular complexity index is 704. The fourth-order valence-electron chi connectivity index (χ4n) is 2.12. The second-order valence-corrected chi connectivity index (χ2v) is 5.26. The van der Waals surface area contributed by atoms with E-state index in [1.54, 1.807) is 38.3 Å². The number of methoxy groups -OCH3 is 1. The molecule has 7 nitrogen and oxygen atoms in total. The van der Waals surface area contributed by atoms with Crippen molar-refractivity contribution in [1.29, 1.82) is 0 Å². The van der Waals surface area contributed by atoms with Gasteiger partial charge in [0.05, 0.1) is 13.7 Å². The zero-order valence-electron chi connectivity index (χ0n) is 14.7. The van der Waals surface area contributed by atoms with E-state index in [1.807, 2.05) is 30.3 Å². The first kappa shape index (κ1) is 19.1. The highest BCUT2D eigenvalue weighted by atomic mass is 16.6. The normalized spacial score (nSPS) is 11.2. The van der Waals surface area contributed by atoms with Gasteiger partial charge in [-0.2, -0.15) is 0 Å². The Labute approximate surface area is 152 Å². The molecule has 0 aliphatic carbocycles. The molecule has 0 fully saturated rings. The zero-order valence-corrected chi connectivity index (χ0v) is 14.7. The van der Waals surface area contributed by atoms with E-state index in [2.05, 4.69) is 10.6 Å². The molecule has 0 aliphatic heterocycles. The summed E-state index contributed by atoms with van der Waals surface area (Å²) in [5, 5.41) is 5.37. The van der Waals surface area contributed by atoms with Gasteiger partial charge in [-0.25, -0.2) is 9.59 Å². The molecule has 0 bridgehead atoms. The predicted molar refractivity (Wildman–Crippen MR) is 96.8 cm³/mol. The molecule has 0 heterocycles. The van der Waals surface area contributed by atoms with Gasteiger partial charge >= 0.3 is 12.1 Å². The molecule has 2 aromatic carbocycles. The molecular formula is C19H22N2O5. The monoisotopic (exact) mass is 358 g/mol. The van der Waals surface area contributed by atoms with E-state index in [0.29, 0.717) is 11.4 Å². The summed E-state index contributed by atoms with van der Waals surface area (Å²) < 4.78 is 15.2. The Balaban J connectivity index is 1.96. The predicted octanol–water partition coefficient (Wildman–Crippen LogP) is 2.92. The molecule has 26 heavy (non-hydrogen) atoms. The zero-order chi connectivity index (χ0) is 18.8. The summed E-state index contributed by atoms with van der Waals surface area (Å²) in [6.07, 6.45) is -1.81. The van der Waals surface area contributed by atoms with Gasteiger partial charge in [0.1, 0.15) is 12.4 Å². The van der Waals surface area contributed by atoms with Crippen molar-refractivity contribution in [2.45, 2.75) is 19.7 Å². The molecule has 0 spiro atoms. The Hall–Kier alpha value is -3.22. The van der Waals surface area contributed by atoms with E-state index in [4.69, 9.17) is 14.2 Å². The van der Waals surface area contributed by atoms with Crippen molar-refractivity contribution < 1.29 is 23.8 Å². The third-order valence-corrected chi connectivity index (χ3v) is 3.40. The Morgan fingerprint density at radius 3 is 2.31 bits per heavy atom. The van der Waals surface area contributed by atoms with Crippen molar-refractivity contribution in [2.24, 2.45) is 0 Å². The first-order valence-corrected chi connectivity index (χ1v) is 8.16. The third kappa shape index (κ3) is 6.01. The summed E-state index contributed by atoms with van der Waals surface area (Å²) >= 11 is 0. The van der Waals surface area contributed by atoms with Crippen LogP contribution in [0.2, 0.25) is 0 Å². The number of nitrogens with one attached hydrogen (secondary N) is 2. The lowest BCUT2D eigenvalue weighted by atomic mass is 10.2. The number of ether oxygens (including phenoxy) is 3. The van der Waals surface area contributed by atoms with Gasteiger partial charge in [-0.05, 0) is 36.8 Å². The van der Waals surface area contributed by atoms with Gasteiger partial charge in [-0.15, -0.1) is 0 Å². The SMILES string of the molecule is CCOC(=O)[C@H](NC(=O)OCc1ccccc1)Nc1ccc(OC)cc1. The van der Waals surface area contributed by atoms with Crippen LogP contribution in [0.4, 0.5) is 10.5 Å². The molecule has 0 unspecified atom stereocenters. The molecule has 1 amide bonds. The quantitative estimate of drug-likeness (QED) is 0.557. The summed E-state index contributed by atoms with van der Waals surface area (Å²) in [4.78, 5) is 24.1. The number of amides is 1. The minimum atomic E-state index is -1.08. The van der Waals surface area contributed by atoms with Crippen molar-refractivity contribution in [3.8, 4) is 5.75 Å². The van der Waals surface area contributed by atoms with E-state index in [1.165, 1.54) is 0 Å². The molecule has 138 valence electrons. The minimum absolute atomic E-state index is 0.102. The Morgan fingerprint density at radius 2 is 1.69 bits per heavy atom. The summed E-state index contributed by atoms with van der Waals surface area (Å²) in [5.74, 6) is 0.0680. The number of benzene rings is 2. The van der Waals surface area contributed by atoms with Gasteiger partial charge in [0, 0.05) is 5.69 Å². The summed E-state index contributed by atoms with van der Waals surface area (Å²) in [6.45, 7) is 1.99. The highest BCUT2D eigenvalue weighted by molar-refractivity contribution is 5.83. The lowest BCUT2D eigenvalue weighted by Crippen LogP contribution is -2.47. The molecule has 0 saturated heterocycles. The van der Waals surface area contributed by atoms with Crippen LogP contribution in [-0.2, 0) is 20.9 Å². The lowest BCUT2D eigenvalue weighted by Gasteiger charge is -2.19. The smallest absolute Gasteiger partial charge is 0.409 e. The molecule has 1 atom stereocenters. The van der Waals surface area contributed by atoms with Gasteiger partial charge in [0.25, 0.3) is 0 Å². The van der Waals surface area contributed by atoms with Crippen molar-refractivity contribution in [1.82, 2.24) is 5.32 Å². The van der Waals surface area contributed by atoms with Crippen LogP contribution in [-0.4, -0.2) is 31.9 Å². The van der Waals surface area contributed by atoms with Crippen LogP contribution in [0.3, 0.4) is 0 Å². The minimum Gasteiger partial charge on any atom is -0.497 e. The van der Waals surface area contributed by atoms with Gasteiger partial charge in [-0.1, -0.05) is 30.3 Å². The van der Waals surface area contributed by atoms with Crippen LogP contribution < -0.4 is 15.4 Å². The number of hydrogen-bond donors (Lipinski definition) is 2. The molecule has 7 heteroatoms. The van der Waals surface area contributed by atoms with Gasteiger partial charge in [0.2, 0.25) is 6.17 Å². The van der Waals surface area contributed by atoms with Crippen molar-refractivity contribution >= 4 is 17.7 Å². The van der Waals surface area contributed by atoms with Gasteiger partial charge in [-0.3, -0.25) is 5.32 Å². The van der Waals surface area contributed by atoms with E-state index >= 15 is 0 Å². The molecule has 0 aliphatic rings. The second-order valence-electron chi connectivity index (χ2n) is 5.26. The maximum absolute atomic E-state index is 12.1. The van der Waals surface area contributed by atoms with Crippen LogP contribution in [0.5, 0.6) is 5.75 Å². The lowest BCUT2D eigenvalue weighted by molar-refractivity contribution is -0.144. The average Bonchev–Trinajstić information content (AvgIpc) is 2.67. The molecule has 0 aromatic heterocycles. The number of carbonyl (C=O) groups excluding carboxylic acids is 2. The number of rotatable bonds is 8. The summed E-state index contributed by atoms with van der Waals surface area (Å²) in [5.41, 5.74) is 1.46. The fourth-order valence-corrected chi connectivity index (χ4v) is 2.12. The molecule has 2 aromatic rings. The largest absolute Gasteiger partial charge is 0.497 e. The van der Waals surface area contributed by atoms with Gasteiger partial charge in [0.15, 0.2) is 0 Å². The number of esters is 1. The fraction of sp³-hybridized carbons (Fsp3) is 0.263. The van der Waals surface area contributed by atoms with Crippen LogP contribution in [0, 0.1) is 0 Å². The van der Waals surface area contributed by atoms with Crippen LogP contribution in [0.25, 0.3) is 0 Å². The van der Waals surface area contributed by atoms with Crippen molar-refractivity contribution in [3.63, 3.8) is 0 Å².